The summed E-state index contributed by atoms with van der Waals surface area (Å²) >= 11 is 0. The molecular weight excluding hydrogens is 266 g/mol. The van der Waals surface area contributed by atoms with Crippen molar-refractivity contribution in [1.29, 1.82) is 0 Å². The zero-order valence-electron chi connectivity index (χ0n) is 13.6. The normalized spacial score (nSPS) is 30.8. The molecule has 2 bridgehead atoms. The maximum Gasteiger partial charge on any atom is 0.0236 e. The maximum absolute atomic E-state index is 2.72. The minimum absolute atomic E-state index is 0.354. The Kier molecular flexibility index (Phi) is 3.34. The van der Waals surface area contributed by atoms with Gasteiger partial charge in [0.25, 0.3) is 0 Å². The van der Waals surface area contributed by atoms with E-state index in [1.165, 1.54) is 24.9 Å². The zero-order chi connectivity index (χ0) is 15.2. The monoisotopic (exact) mass is 291 g/mol. The number of piperidine rings is 1. The minimum Gasteiger partial charge on any atom is -0.295 e. The van der Waals surface area contributed by atoms with Gasteiger partial charge in [0.15, 0.2) is 0 Å². The Morgan fingerprint density at radius 2 is 1.77 bits per heavy atom. The Morgan fingerprint density at radius 3 is 2.59 bits per heavy atom. The van der Waals surface area contributed by atoms with Crippen LogP contribution in [0.4, 0.5) is 0 Å². The standard InChI is InChI=1S/C21H25N/c1-16-20-14-18-10-6-7-11-19(18)21(16,2)12-13-22(20)15-17-8-4-3-5-9-17/h3-11,16,20H,12-15H2,1-2H3/t16-,20-,21-/m0/s1. The van der Waals surface area contributed by atoms with E-state index in [1.54, 1.807) is 11.1 Å². The Bertz CT molecular complexity index is 663. The summed E-state index contributed by atoms with van der Waals surface area (Å²) in [7, 11) is 0. The van der Waals surface area contributed by atoms with Crippen LogP contribution in [0.3, 0.4) is 0 Å². The third kappa shape index (κ3) is 2.11. The van der Waals surface area contributed by atoms with Crippen LogP contribution >= 0.6 is 0 Å². The van der Waals surface area contributed by atoms with Crippen LogP contribution in [0.2, 0.25) is 0 Å². The van der Waals surface area contributed by atoms with Crippen LogP contribution in [-0.4, -0.2) is 17.5 Å². The van der Waals surface area contributed by atoms with Crippen LogP contribution in [-0.2, 0) is 18.4 Å². The van der Waals surface area contributed by atoms with Gasteiger partial charge in [-0.3, -0.25) is 4.90 Å². The first-order chi connectivity index (χ1) is 10.7. The van der Waals surface area contributed by atoms with Gasteiger partial charge in [-0.2, -0.15) is 0 Å². The molecule has 0 amide bonds. The van der Waals surface area contributed by atoms with Crippen LogP contribution in [0.5, 0.6) is 0 Å². The van der Waals surface area contributed by atoms with Crippen molar-refractivity contribution in [2.24, 2.45) is 5.92 Å². The number of hydrogen-bond donors (Lipinski definition) is 0. The molecule has 0 N–H and O–H groups in total. The van der Waals surface area contributed by atoms with Crippen LogP contribution in [0, 0.1) is 5.92 Å². The van der Waals surface area contributed by atoms with Crippen LogP contribution in [0.25, 0.3) is 0 Å². The molecule has 2 aromatic rings. The molecule has 0 saturated carbocycles. The summed E-state index contributed by atoms with van der Waals surface area (Å²) in [5, 5.41) is 0. The van der Waals surface area contributed by atoms with E-state index < -0.39 is 0 Å². The lowest BCUT2D eigenvalue weighted by Crippen LogP contribution is -2.57. The van der Waals surface area contributed by atoms with Gasteiger partial charge in [0, 0.05) is 12.6 Å². The molecule has 1 aliphatic heterocycles. The Hall–Kier alpha value is -1.60. The number of fused-ring (bicyclic) bond motifs is 4. The van der Waals surface area contributed by atoms with Gasteiger partial charge in [0.2, 0.25) is 0 Å². The molecule has 2 aromatic carbocycles. The molecule has 1 heterocycles. The summed E-state index contributed by atoms with van der Waals surface area (Å²) in [4.78, 5) is 2.72. The van der Waals surface area contributed by atoms with Gasteiger partial charge < -0.3 is 0 Å². The number of rotatable bonds is 2. The number of hydrogen-bond acceptors (Lipinski definition) is 1. The van der Waals surface area contributed by atoms with Crippen molar-refractivity contribution in [2.45, 2.75) is 44.7 Å². The third-order valence-corrected chi connectivity index (χ3v) is 6.26. The van der Waals surface area contributed by atoms with E-state index in [0.717, 1.165) is 12.5 Å². The minimum atomic E-state index is 0.354. The molecule has 1 nitrogen and oxygen atoms in total. The van der Waals surface area contributed by atoms with Gasteiger partial charge in [-0.1, -0.05) is 68.4 Å². The van der Waals surface area contributed by atoms with Crippen LogP contribution < -0.4 is 0 Å². The topological polar surface area (TPSA) is 3.24 Å². The first kappa shape index (κ1) is 14.0. The molecule has 1 heteroatoms. The second kappa shape index (κ2) is 5.24. The predicted molar refractivity (Wildman–Crippen MR) is 91.9 cm³/mol. The molecular formula is C21H25N. The first-order valence-corrected chi connectivity index (χ1v) is 8.55. The van der Waals surface area contributed by atoms with E-state index in [-0.39, 0.29) is 0 Å². The van der Waals surface area contributed by atoms with E-state index in [1.807, 2.05) is 0 Å². The summed E-state index contributed by atoms with van der Waals surface area (Å²) in [5.74, 6) is 0.722. The molecule has 0 spiro atoms. The van der Waals surface area contributed by atoms with Gasteiger partial charge in [0.1, 0.15) is 0 Å². The summed E-state index contributed by atoms with van der Waals surface area (Å²) < 4.78 is 0. The average Bonchev–Trinajstić information content (AvgIpc) is 2.55. The van der Waals surface area contributed by atoms with Gasteiger partial charge in [-0.05, 0) is 47.4 Å². The molecule has 4 rings (SSSR count). The highest BCUT2D eigenvalue weighted by Gasteiger charge is 2.47. The maximum atomic E-state index is 2.72. The zero-order valence-corrected chi connectivity index (χ0v) is 13.6. The van der Waals surface area contributed by atoms with Crippen LogP contribution in [0.15, 0.2) is 54.6 Å². The molecule has 0 aromatic heterocycles. The Labute approximate surface area is 134 Å². The molecule has 2 aliphatic rings. The SMILES string of the molecule is C[C@H]1[C@@H]2Cc3ccccc3[C@@]1(C)CCN2Cc1ccccc1. The smallest absolute Gasteiger partial charge is 0.0236 e. The lowest BCUT2D eigenvalue weighted by molar-refractivity contribution is 0.0259. The number of likely N-dealkylation sites (tertiary alicyclic amines) is 1. The van der Waals surface area contributed by atoms with E-state index in [0.29, 0.717) is 11.5 Å². The molecule has 1 aliphatic carbocycles. The largest absolute Gasteiger partial charge is 0.295 e. The van der Waals surface area contributed by atoms with E-state index in [2.05, 4.69) is 73.3 Å². The molecule has 22 heavy (non-hydrogen) atoms. The number of benzene rings is 2. The Morgan fingerprint density at radius 1 is 1.05 bits per heavy atom. The fourth-order valence-corrected chi connectivity index (χ4v) is 4.69. The average molecular weight is 291 g/mol. The fourth-order valence-electron chi connectivity index (χ4n) is 4.69. The van der Waals surface area contributed by atoms with Crippen molar-refractivity contribution < 1.29 is 0 Å². The fraction of sp³-hybridized carbons (Fsp3) is 0.429. The van der Waals surface area contributed by atoms with Gasteiger partial charge in [-0.25, -0.2) is 0 Å². The lowest BCUT2D eigenvalue weighted by atomic mass is 9.59. The van der Waals surface area contributed by atoms with Gasteiger partial charge in [-0.15, -0.1) is 0 Å². The van der Waals surface area contributed by atoms with Crippen molar-refractivity contribution in [3.63, 3.8) is 0 Å². The van der Waals surface area contributed by atoms with Crippen molar-refractivity contribution >= 4 is 0 Å². The molecule has 1 saturated heterocycles. The van der Waals surface area contributed by atoms with Gasteiger partial charge in [0.05, 0.1) is 0 Å². The Balaban J connectivity index is 1.66. The second-order valence-electron chi connectivity index (χ2n) is 7.34. The van der Waals surface area contributed by atoms with Crippen LogP contribution in [0.1, 0.15) is 37.0 Å². The first-order valence-electron chi connectivity index (χ1n) is 8.55. The van der Waals surface area contributed by atoms with E-state index in [4.69, 9.17) is 0 Å². The highest BCUT2D eigenvalue weighted by atomic mass is 15.2. The van der Waals surface area contributed by atoms with Crippen molar-refractivity contribution in [2.75, 3.05) is 6.54 Å². The highest BCUT2D eigenvalue weighted by Crippen LogP contribution is 2.48. The number of nitrogens with zero attached hydrogens (tertiary/aromatic N) is 1. The summed E-state index contributed by atoms with van der Waals surface area (Å²) in [6.07, 6.45) is 2.48. The second-order valence-corrected chi connectivity index (χ2v) is 7.34. The van der Waals surface area contributed by atoms with Crippen molar-refractivity contribution in [3.8, 4) is 0 Å². The molecule has 1 fully saturated rings. The summed E-state index contributed by atoms with van der Waals surface area (Å²) in [6, 6.07) is 20.7. The predicted octanol–water partition coefficient (Wildman–Crippen LogP) is 4.41. The lowest BCUT2D eigenvalue weighted by Gasteiger charge is -2.54. The molecule has 0 unspecified atom stereocenters. The summed E-state index contributed by atoms with van der Waals surface area (Å²) in [5.41, 5.74) is 4.98. The van der Waals surface area contributed by atoms with Crippen molar-refractivity contribution in [3.05, 3.63) is 71.3 Å². The van der Waals surface area contributed by atoms with Gasteiger partial charge >= 0.3 is 0 Å². The molecule has 3 atom stereocenters. The van der Waals surface area contributed by atoms with E-state index in [9.17, 15) is 0 Å². The highest BCUT2D eigenvalue weighted by molar-refractivity contribution is 5.39. The summed E-state index contributed by atoms with van der Waals surface area (Å²) in [6.45, 7) is 7.27. The van der Waals surface area contributed by atoms with E-state index >= 15 is 0 Å². The third-order valence-electron chi connectivity index (χ3n) is 6.26. The molecule has 0 radical (unpaired) electrons. The van der Waals surface area contributed by atoms with Crippen molar-refractivity contribution in [1.82, 2.24) is 4.90 Å². The quantitative estimate of drug-likeness (QED) is 0.792. The molecule has 114 valence electrons.